The van der Waals surface area contributed by atoms with E-state index in [-0.39, 0.29) is 0 Å². The van der Waals surface area contributed by atoms with E-state index >= 15 is 0 Å². The average Bonchev–Trinajstić information content (AvgIpc) is 2.46. The third-order valence-corrected chi connectivity index (χ3v) is 3.29. The van der Waals surface area contributed by atoms with Gasteiger partial charge in [0.15, 0.2) is 0 Å². The number of hydrogen-bond acceptors (Lipinski definition) is 3. The third-order valence-electron chi connectivity index (χ3n) is 3.05. The van der Waals surface area contributed by atoms with E-state index in [2.05, 4.69) is 11.4 Å². The van der Waals surface area contributed by atoms with Gasteiger partial charge >= 0.3 is 0 Å². The van der Waals surface area contributed by atoms with E-state index in [4.69, 9.17) is 16.9 Å². The standard InChI is InChI=1S/C16H15ClN2O/c1-11-2-4-12(5-3-11)16(20)10-19-15-7-6-14(17)8-13(15)9-18/h2-8,16,19-20H,10H2,1H3. The van der Waals surface area contributed by atoms with Crippen LogP contribution in [0.2, 0.25) is 5.02 Å². The Morgan fingerprint density at radius 1 is 1.25 bits per heavy atom. The fourth-order valence-corrected chi connectivity index (χ4v) is 2.05. The Labute approximate surface area is 123 Å². The van der Waals surface area contributed by atoms with Crippen molar-refractivity contribution in [3.05, 3.63) is 64.2 Å². The molecule has 2 aromatic rings. The second-order valence-electron chi connectivity index (χ2n) is 4.61. The van der Waals surface area contributed by atoms with E-state index in [1.165, 1.54) is 0 Å². The zero-order valence-electron chi connectivity index (χ0n) is 11.1. The summed E-state index contributed by atoms with van der Waals surface area (Å²) in [5, 5.41) is 22.8. The highest BCUT2D eigenvalue weighted by Crippen LogP contribution is 2.21. The van der Waals surface area contributed by atoms with Gasteiger partial charge < -0.3 is 10.4 Å². The van der Waals surface area contributed by atoms with E-state index in [0.29, 0.717) is 22.8 Å². The van der Waals surface area contributed by atoms with E-state index < -0.39 is 6.10 Å². The Balaban J connectivity index is 2.05. The molecular formula is C16H15ClN2O. The highest BCUT2D eigenvalue weighted by molar-refractivity contribution is 6.30. The Kier molecular flexibility index (Phi) is 4.62. The van der Waals surface area contributed by atoms with Gasteiger partial charge in [-0.15, -0.1) is 0 Å². The van der Waals surface area contributed by atoms with Crippen molar-refractivity contribution in [3.63, 3.8) is 0 Å². The molecule has 0 heterocycles. The van der Waals surface area contributed by atoms with Gasteiger partial charge in [0.25, 0.3) is 0 Å². The molecule has 0 radical (unpaired) electrons. The minimum atomic E-state index is -0.627. The summed E-state index contributed by atoms with van der Waals surface area (Å²) in [5.74, 6) is 0. The molecule has 0 aliphatic carbocycles. The van der Waals surface area contributed by atoms with Crippen molar-refractivity contribution in [2.75, 3.05) is 11.9 Å². The van der Waals surface area contributed by atoms with E-state index in [9.17, 15) is 5.11 Å². The first kappa shape index (κ1) is 14.4. The van der Waals surface area contributed by atoms with Gasteiger partial charge in [0.05, 0.1) is 17.4 Å². The lowest BCUT2D eigenvalue weighted by Gasteiger charge is -2.14. The van der Waals surface area contributed by atoms with E-state index in [1.54, 1.807) is 18.2 Å². The molecule has 2 rings (SSSR count). The number of nitrogens with zero attached hydrogens (tertiary/aromatic N) is 1. The summed E-state index contributed by atoms with van der Waals surface area (Å²) >= 11 is 5.84. The van der Waals surface area contributed by atoms with Crippen LogP contribution in [0, 0.1) is 18.3 Å². The fourth-order valence-electron chi connectivity index (χ4n) is 1.88. The summed E-state index contributed by atoms with van der Waals surface area (Å²) in [6, 6.07) is 14.8. The first-order valence-corrected chi connectivity index (χ1v) is 6.66. The number of anilines is 1. The number of nitriles is 1. The van der Waals surface area contributed by atoms with Gasteiger partial charge in [0.2, 0.25) is 0 Å². The van der Waals surface area contributed by atoms with Crippen LogP contribution in [-0.2, 0) is 0 Å². The number of aliphatic hydroxyl groups excluding tert-OH is 1. The van der Waals surface area contributed by atoms with Gasteiger partial charge in [0, 0.05) is 11.6 Å². The van der Waals surface area contributed by atoms with Gasteiger partial charge in [-0.3, -0.25) is 0 Å². The van der Waals surface area contributed by atoms with Crippen LogP contribution >= 0.6 is 11.6 Å². The summed E-state index contributed by atoms with van der Waals surface area (Å²) in [7, 11) is 0. The number of nitrogens with one attached hydrogen (secondary N) is 1. The lowest BCUT2D eigenvalue weighted by Crippen LogP contribution is -2.12. The summed E-state index contributed by atoms with van der Waals surface area (Å²) in [6.07, 6.45) is -0.627. The lowest BCUT2D eigenvalue weighted by molar-refractivity contribution is 0.191. The molecule has 3 nitrogen and oxygen atoms in total. The number of aryl methyl sites for hydroxylation is 1. The molecule has 0 aliphatic rings. The predicted molar refractivity (Wildman–Crippen MR) is 80.8 cm³/mol. The predicted octanol–water partition coefficient (Wildman–Crippen LogP) is 3.67. The SMILES string of the molecule is Cc1ccc(C(O)CNc2ccc(Cl)cc2C#N)cc1. The van der Waals surface area contributed by atoms with Crippen molar-refractivity contribution >= 4 is 17.3 Å². The number of benzene rings is 2. The van der Waals surface area contributed by atoms with Crippen LogP contribution in [0.3, 0.4) is 0 Å². The van der Waals surface area contributed by atoms with Crippen molar-refractivity contribution < 1.29 is 5.11 Å². The minimum Gasteiger partial charge on any atom is -0.387 e. The monoisotopic (exact) mass is 286 g/mol. The number of hydrogen-bond donors (Lipinski definition) is 2. The minimum absolute atomic E-state index is 0.333. The Morgan fingerprint density at radius 2 is 1.95 bits per heavy atom. The molecule has 2 aromatic carbocycles. The first-order chi connectivity index (χ1) is 9.60. The third kappa shape index (κ3) is 3.51. The zero-order valence-corrected chi connectivity index (χ0v) is 11.9. The molecule has 0 saturated heterocycles. The van der Waals surface area contributed by atoms with Crippen molar-refractivity contribution in [1.82, 2.24) is 0 Å². The highest BCUT2D eigenvalue weighted by Gasteiger charge is 2.09. The molecule has 2 N–H and O–H groups in total. The molecule has 4 heteroatoms. The Hall–Kier alpha value is -2.02. The van der Waals surface area contributed by atoms with Crippen molar-refractivity contribution in [3.8, 4) is 6.07 Å². The maximum absolute atomic E-state index is 10.1. The maximum Gasteiger partial charge on any atom is 0.101 e. The number of aliphatic hydroxyl groups is 1. The number of halogens is 1. The molecule has 0 aliphatic heterocycles. The van der Waals surface area contributed by atoms with Crippen LogP contribution in [0.25, 0.3) is 0 Å². The smallest absolute Gasteiger partial charge is 0.101 e. The van der Waals surface area contributed by atoms with Crippen LogP contribution in [0.4, 0.5) is 5.69 Å². The Morgan fingerprint density at radius 3 is 2.60 bits per heavy atom. The topological polar surface area (TPSA) is 56.0 Å². The van der Waals surface area contributed by atoms with E-state index in [0.717, 1.165) is 11.1 Å². The molecule has 0 spiro atoms. The molecule has 102 valence electrons. The average molecular weight is 287 g/mol. The summed E-state index contributed by atoms with van der Waals surface area (Å²) in [5.41, 5.74) is 3.13. The highest BCUT2D eigenvalue weighted by atomic mass is 35.5. The van der Waals surface area contributed by atoms with E-state index in [1.807, 2.05) is 31.2 Å². The lowest BCUT2D eigenvalue weighted by atomic mass is 10.1. The normalized spacial score (nSPS) is 11.7. The van der Waals surface area contributed by atoms with Crippen molar-refractivity contribution in [2.24, 2.45) is 0 Å². The second kappa shape index (κ2) is 6.42. The molecule has 0 bridgehead atoms. The van der Waals surface area contributed by atoms with Crippen LogP contribution in [-0.4, -0.2) is 11.7 Å². The van der Waals surface area contributed by atoms with Gasteiger partial charge in [-0.05, 0) is 30.7 Å². The second-order valence-corrected chi connectivity index (χ2v) is 5.05. The molecule has 0 saturated carbocycles. The molecule has 1 unspecified atom stereocenters. The Bertz CT molecular complexity index is 632. The van der Waals surface area contributed by atoms with Crippen LogP contribution < -0.4 is 5.32 Å². The van der Waals surface area contributed by atoms with Crippen molar-refractivity contribution in [1.29, 1.82) is 5.26 Å². The molecule has 0 aromatic heterocycles. The van der Waals surface area contributed by atoms with Crippen LogP contribution in [0.15, 0.2) is 42.5 Å². The summed E-state index contributed by atoms with van der Waals surface area (Å²) in [6.45, 7) is 2.33. The van der Waals surface area contributed by atoms with Gasteiger partial charge in [-0.2, -0.15) is 5.26 Å². The number of rotatable bonds is 4. The largest absolute Gasteiger partial charge is 0.387 e. The maximum atomic E-state index is 10.1. The van der Waals surface area contributed by atoms with Crippen LogP contribution in [0.1, 0.15) is 22.8 Å². The van der Waals surface area contributed by atoms with Gasteiger partial charge in [0.1, 0.15) is 6.07 Å². The van der Waals surface area contributed by atoms with Crippen molar-refractivity contribution in [2.45, 2.75) is 13.0 Å². The van der Waals surface area contributed by atoms with Crippen LogP contribution in [0.5, 0.6) is 0 Å². The molecule has 20 heavy (non-hydrogen) atoms. The van der Waals surface area contributed by atoms with Gasteiger partial charge in [-0.25, -0.2) is 0 Å². The molecular weight excluding hydrogens is 272 g/mol. The molecule has 0 fully saturated rings. The first-order valence-electron chi connectivity index (χ1n) is 6.28. The molecule has 0 amide bonds. The van der Waals surface area contributed by atoms with Gasteiger partial charge in [-0.1, -0.05) is 41.4 Å². The molecule has 1 atom stereocenters. The quantitative estimate of drug-likeness (QED) is 0.902. The zero-order chi connectivity index (χ0) is 14.5. The fraction of sp³-hybridized carbons (Fsp3) is 0.188. The summed E-state index contributed by atoms with van der Waals surface area (Å²) < 4.78 is 0. The summed E-state index contributed by atoms with van der Waals surface area (Å²) in [4.78, 5) is 0.